The molecule has 1 fully saturated rings. The summed E-state index contributed by atoms with van der Waals surface area (Å²) in [6.07, 6.45) is 4.53. The first kappa shape index (κ1) is 12.1. The normalized spacial score (nSPS) is 19.9. The first-order valence-electron chi connectivity index (χ1n) is 7.12. The van der Waals surface area contributed by atoms with Gasteiger partial charge in [-0.3, -0.25) is 4.90 Å². The minimum atomic E-state index is 0.525. The molecule has 1 saturated heterocycles. The fraction of sp³-hybridized carbons (Fsp3) is 0.312. The number of hydrogen-bond acceptors (Lipinski definition) is 3. The first-order valence-corrected chi connectivity index (χ1v) is 7.93. The van der Waals surface area contributed by atoms with E-state index in [-0.39, 0.29) is 0 Å². The number of thiazole rings is 1. The number of nitrogens with one attached hydrogen (secondary N) is 1. The van der Waals surface area contributed by atoms with Crippen LogP contribution in [0, 0.1) is 0 Å². The number of hydrogen-bond donors (Lipinski definition) is 1. The molecule has 0 aliphatic carbocycles. The Morgan fingerprint density at radius 1 is 1.25 bits per heavy atom. The fourth-order valence-electron chi connectivity index (χ4n) is 3.08. The molecular formula is C16H17N3S. The number of fused-ring (bicyclic) bond motifs is 1. The molecule has 1 aliphatic rings. The molecule has 0 amide bonds. The van der Waals surface area contributed by atoms with E-state index < -0.39 is 0 Å². The molecule has 1 unspecified atom stereocenters. The van der Waals surface area contributed by atoms with Crippen LogP contribution < -0.4 is 0 Å². The fourth-order valence-corrected chi connectivity index (χ4v) is 4.07. The lowest BCUT2D eigenvalue weighted by atomic mass is 10.1. The third-order valence-corrected chi connectivity index (χ3v) is 5.04. The van der Waals surface area contributed by atoms with Crippen LogP contribution >= 0.6 is 11.3 Å². The number of para-hydroxylation sites is 1. The van der Waals surface area contributed by atoms with Crippen LogP contribution in [-0.2, 0) is 6.54 Å². The second kappa shape index (κ2) is 5.04. The summed E-state index contributed by atoms with van der Waals surface area (Å²) in [6.45, 7) is 2.13. The van der Waals surface area contributed by atoms with Crippen molar-refractivity contribution < 1.29 is 0 Å². The van der Waals surface area contributed by atoms with Crippen LogP contribution in [0.25, 0.3) is 10.2 Å². The number of likely N-dealkylation sites (tertiary alicyclic amines) is 1. The number of aromatic amines is 1. The molecule has 3 nitrogen and oxygen atoms in total. The highest BCUT2D eigenvalue weighted by molar-refractivity contribution is 7.18. The van der Waals surface area contributed by atoms with Crippen molar-refractivity contribution in [3.63, 3.8) is 0 Å². The van der Waals surface area contributed by atoms with E-state index in [4.69, 9.17) is 4.98 Å². The zero-order chi connectivity index (χ0) is 13.4. The number of rotatable bonds is 3. The molecule has 1 atom stereocenters. The van der Waals surface area contributed by atoms with Crippen molar-refractivity contribution in [1.29, 1.82) is 0 Å². The van der Waals surface area contributed by atoms with Gasteiger partial charge in [-0.1, -0.05) is 12.1 Å². The topological polar surface area (TPSA) is 31.9 Å². The Morgan fingerprint density at radius 2 is 2.20 bits per heavy atom. The van der Waals surface area contributed by atoms with Gasteiger partial charge in [0.25, 0.3) is 0 Å². The van der Waals surface area contributed by atoms with Gasteiger partial charge in [-0.05, 0) is 43.7 Å². The number of nitrogens with zero attached hydrogens (tertiary/aromatic N) is 2. The molecule has 1 N–H and O–H groups in total. The Bertz CT molecular complexity index is 668. The second-order valence-electron chi connectivity index (χ2n) is 5.33. The van der Waals surface area contributed by atoms with Crippen molar-refractivity contribution >= 4 is 21.6 Å². The third-order valence-electron chi connectivity index (χ3n) is 4.02. The molecule has 4 rings (SSSR count). The number of H-pyrrole nitrogens is 1. The van der Waals surface area contributed by atoms with Crippen LogP contribution in [0.4, 0.5) is 0 Å². The molecule has 1 aliphatic heterocycles. The number of benzene rings is 1. The van der Waals surface area contributed by atoms with Crippen molar-refractivity contribution in [2.75, 3.05) is 6.54 Å². The molecule has 3 heterocycles. The maximum Gasteiger partial charge on any atom is 0.108 e. The molecule has 0 bridgehead atoms. The SMILES string of the molecule is c1c[nH]c(C2CCCN2Cc2nc3ccccc3s2)c1. The van der Waals surface area contributed by atoms with Gasteiger partial charge in [0.15, 0.2) is 0 Å². The molecule has 1 aromatic carbocycles. The Morgan fingerprint density at radius 3 is 3.05 bits per heavy atom. The second-order valence-corrected chi connectivity index (χ2v) is 6.44. The van der Waals surface area contributed by atoms with E-state index >= 15 is 0 Å². The minimum Gasteiger partial charge on any atom is -0.364 e. The maximum atomic E-state index is 4.76. The Hall–Kier alpha value is -1.65. The monoisotopic (exact) mass is 283 g/mol. The van der Waals surface area contributed by atoms with Gasteiger partial charge in [0.2, 0.25) is 0 Å². The van der Waals surface area contributed by atoms with Crippen LogP contribution in [0.3, 0.4) is 0 Å². The van der Waals surface area contributed by atoms with E-state index in [9.17, 15) is 0 Å². The van der Waals surface area contributed by atoms with Crippen molar-refractivity contribution in [1.82, 2.24) is 14.9 Å². The molecule has 4 heteroatoms. The van der Waals surface area contributed by atoms with E-state index in [1.54, 1.807) is 0 Å². The van der Waals surface area contributed by atoms with E-state index in [1.165, 1.54) is 34.8 Å². The average Bonchev–Trinajstić information content (AvgIpc) is 3.18. The van der Waals surface area contributed by atoms with Gasteiger partial charge in [-0.25, -0.2) is 4.98 Å². The highest BCUT2D eigenvalue weighted by atomic mass is 32.1. The van der Waals surface area contributed by atoms with Crippen LogP contribution in [0.15, 0.2) is 42.6 Å². The molecule has 3 aromatic rings. The summed E-state index contributed by atoms with van der Waals surface area (Å²) >= 11 is 1.82. The zero-order valence-electron chi connectivity index (χ0n) is 11.2. The summed E-state index contributed by atoms with van der Waals surface area (Å²) in [5, 5.41) is 1.23. The van der Waals surface area contributed by atoms with Crippen LogP contribution in [0.5, 0.6) is 0 Å². The molecular weight excluding hydrogens is 266 g/mol. The average molecular weight is 283 g/mol. The van der Waals surface area contributed by atoms with Gasteiger partial charge in [-0.2, -0.15) is 0 Å². The highest BCUT2D eigenvalue weighted by Crippen LogP contribution is 2.33. The summed E-state index contributed by atoms with van der Waals surface area (Å²) in [5.74, 6) is 0. The lowest BCUT2D eigenvalue weighted by Crippen LogP contribution is -2.22. The summed E-state index contributed by atoms with van der Waals surface area (Å²) in [4.78, 5) is 10.7. The minimum absolute atomic E-state index is 0.525. The van der Waals surface area contributed by atoms with Crippen molar-refractivity contribution in [3.8, 4) is 0 Å². The molecule has 0 saturated carbocycles. The van der Waals surface area contributed by atoms with Gasteiger partial charge in [0.1, 0.15) is 5.01 Å². The van der Waals surface area contributed by atoms with E-state index in [1.807, 2.05) is 17.5 Å². The molecule has 0 radical (unpaired) electrons. The maximum absolute atomic E-state index is 4.76. The predicted octanol–water partition coefficient (Wildman–Crippen LogP) is 3.96. The van der Waals surface area contributed by atoms with Gasteiger partial charge >= 0.3 is 0 Å². The van der Waals surface area contributed by atoms with Crippen LogP contribution in [-0.4, -0.2) is 21.4 Å². The van der Waals surface area contributed by atoms with Crippen molar-refractivity contribution in [2.45, 2.75) is 25.4 Å². The molecule has 2 aromatic heterocycles. The Labute approximate surface area is 122 Å². The third kappa shape index (κ3) is 2.15. The predicted molar refractivity (Wildman–Crippen MR) is 82.8 cm³/mol. The van der Waals surface area contributed by atoms with E-state index in [2.05, 4.69) is 46.3 Å². The van der Waals surface area contributed by atoms with Crippen molar-refractivity contribution in [3.05, 3.63) is 53.3 Å². The first-order chi connectivity index (χ1) is 9.90. The van der Waals surface area contributed by atoms with Gasteiger partial charge in [-0.15, -0.1) is 11.3 Å². The van der Waals surface area contributed by atoms with Crippen molar-refractivity contribution in [2.24, 2.45) is 0 Å². The smallest absolute Gasteiger partial charge is 0.108 e. The Balaban J connectivity index is 1.58. The molecule has 0 spiro atoms. The largest absolute Gasteiger partial charge is 0.364 e. The lowest BCUT2D eigenvalue weighted by molar-refractivity contribution is 0.245. The lowest BCUT2D eigenvalue weighted by Gasteiger charge is -2.22. The van der Waals surface area contributed by atoms with Gasteiger partial charge < -0.3 is 4.98 Å². The highest BCUT2D eigenvalue weighted by Gasteiger charge is 2.27. The standard InChI is InChI=1S/C16H17N3S/c1-2-8-15-13(5-1)18-16(20-15)11-19-10-4-7-14(19)12-6-3-9-17-12/h1-3,5-6,8-9,14,17H,4,7,10-11H2. The summed E-state index contributed by atoms with van der Waals surface area (Å²) in [6, 6.07) is 13.2. The van der Waals surface area contributed by atoms with Gasteiger partial charge in [0, 0.05) is 11.9 Å². The number of aromatic nitrogens is 2. The van der Waals surface area contributed by atoms with E-state index in [0.29, 0.717) is 6.04 Å². The van der Waals surface area contributed by atoms with E-state index in [0.717, 1.165) is 12.1 Å². The Kier molecular flexibility index (Phi) is 3.05. The van der Waals surface area contributed by atoms with Gasteiger partial charge in [0.05, 0.1) is 22.8 Å². The molecule has 20 heavy (non-hydrogen) atoms. The summed E-state index contributed by atoms with van der Waals surface area (Å²) in [5.41, 5.74) is 2.46. The summed E-state index contributed by atoms with van der Waals surface area (Å²) < 4.78 is 1.29. The van der Waals surface area contributed by atoms with Crippen LogP contribution in [0.1, 0.15) is 29.6 Å². The molecule has 102 valence electrons. The quantitative estimate of drug-likeness (QED) is 0.789. The zero-order valence-corrected chi connectivity index (χ0v) is 12.1. The summed E-state index contributed by atoms with van der Waals surface area (Å²) in [7, 11) is 0. The van der Waals surface area contributed by atoms with Crippen LogP contribution in [0.2, 0.25) is 0 Å².